The average Bonchev–Trinajstić information content (AvgIpc) is 3.29. The first kappa shape index (κ1) is 20.2. The first-order chi connectivity index (χ1) is 14.5. The van der Waals surface area contributed by atoms with Gasteiger partial charge in [0.2, 0.25) is 0 Å². The van der Waals surface area contributed by atoms with Gasteiger partial charge in [0.1, 0.15) is 22.7 Å². The maximum atomic E-state index is 11.6. The number of nitrogens with zero attached hydrogens (tertiary/aromatic N) is 1. The van der Waals surface area contributed by atoms with E-state index >= 15 is 0 Å². The Hall–Kier alpha value is -3.05. The lowest BCUT2D eigenvalue weighted by Crippen LogP contribution is -2.29. The molecule has 0 radical (unpaired) electrons. The Morgan fingerprint density at radius 1 is 0.900 bits per heavy atom. The number of benzene rings is 2. The molecule has 0 aliphatic carbocycles. The van der Waals surface area contributed by atoms with E-state index in [9.17, 15) is 9.90 Å². The van der Waals surface area contributed by atoms with E-state index in [1.165, 1.54) is 0 Å². The summed E-state index contributed by atoms with van der Waals surface area (Å²) in [5, 5.41) is 11.7. The normalized spacial score (nSPS) is 12.9. The van der Waals surface area contributed by atoms with E-state index in [0.29, 0.717) is 26.1 Å². The molecular formula is C25H27NO4. The molecule has 4 aromatic rings. The van der Waals surface area contributed by atoms with Gasteiger partial charge < -0.3 is 13.9 Å². The summed E-state index contributed by atoms with van der Waals surface area (Å²) in [6.45, 7) is 5.75. The lowest BCUT2D eigenvalue weighted by Gasteiger charge is -2.23. The number of para-hydroxylation sites is 2. The number of rotatable bonds is 9. The summed E-state index contributed by atoms with van der Waals surface area (Å²) in [5.41, 5.74) is 1.73. The summed E-state index contributed by atoms with van der Waals surface area (Å²) >= 11 is 0. The molecule has 1 atom stereocenters. The zero-order chi connectivity index (χ0) is 21.1. The van der Waals surface area contributed by atoms with Crippen LogP contribution in [-0.4, -0.2) is 22.5 Å². The van der Waals surface area contributed by atoms with E-state index in [1.54, 1.807) is 0 Å². The molecule has 5 nitrogen and oxygen atoms in total. The van der Waals surface area contributed by atoms with Gasteiger partial charge in [0.05, 0.1) is 19.0 Å². The van der Waals surface area contributed by atoms with Gasteiger partial charge in [-0.2, -0.15) is 0 Å². The van der Waals surface area contributed by atoms with Crippen LogP contribution in [0, 0.1) is 11.8 Å². The van der Waals surface area contributed by atoms with E-state index in [1.807, 2.05) is 62.4 Å². The van der Waals surface area contributed by atoms with Gasteiger partial charge in [-0.25, -0.2) is 0 Å². The van der Waals surface area contributed by atoms with Crippen LogP contribution in [0.25, 0.3) is 21.9 Å². The third-order valence-electron chi connectivity index (χ3n) is 5.59. The Morgan fingerprint density at radius 2 is 1.40 bits per heavy atom. The van der Waals surface area contributed by atoms with Crippen molar-refractivity contribution in [1.29, 1.82) is 0 Å². The van der Waals surface area contributed by atoms with Gasteiger partial charge in [-0.3, -0.25) is 9.69 Å². The van der Waals surface area contributed by atoms with Crippen LogP contribution in [0.15, 0.2) is 69.5 Å². The highest BCUT2D eigenvalue weighted by atomic mass is 16.4. The molecule has 2 heterocycles. The molecule has 4 rings (SSSR count). The molecule has 0 saturated heterocycles. The Morgan fingerprint density at radius 3 is 1.83 bits per heavy atom. The van der Waals surface area contributed by atoms with E-state index in [2.05, 4.69) is 17.0 Å². The van der Waals surface area contributed by atoms with Crippen LogP contribution in [0.4, 0.5) is 0 Å². The Kier molecular flexibility index (Phi) is 5.91. The number of fused-ring (bicyclic) bond motifs is 2. The predicted molar refractivity (Wildman–Crippen MR) is 117 cm³/mol. The number of furan rings is 2. The Labute approximate surface area is 175 Å². The van der Waals surface area contributed by atoms with Gasteiger partial charge in [0.15, 0.2) is 0 Å². The van der Waals surface area contributed by atoms with Crippen molar-refractivity contribution in [3.63, 3.8) is 0 Å². The molecule has 0 spiro atoms. The molecule has 2 aromatic heterocycles. The fraction of sp³-hybridized carbons (Fsp3) is 0.320. The number of carboxylic acids is 1. The SMILES string of the molecule is CC(C)C(CCN(Cc1cc2ccccc2o1)Cc1cc2ccccc2o1)C(=O)O. The lowest BCUT2D eigenvalue weighted by atomic mass is 9.92. The van der Waals surface area contributed by atoms with Crippen LogP contribution in [0.5, 0.6) is 0 Å². The van der Waals surface area contributed by atoms with Crippen molar-refractivity contribution in [3.05, 3.63) is 72.2 Å². The monoisotopic (exact) mass is 405 g/mol. The maximum Gasteiger partial charge on any atom is 0.306 e. The summed E-state index contributed by atoms with van der Waals surface area (Å²) in [6, 6.07) is 20.0. The number of hydrogen-bond donors (Lipinski definition) is 1. The molecule has 0 fully saturated rings. The van der Waals surface area contributed by atoms with Crippen LogP contribution in [0.2, 0.25) is 0 Å². The fourth-order valence-corrected chi connectivity index (χ4v) is 3.95. The third kappa shape index (κ3) is 4.57. The molecule has 1 N–H and O–H groups in total. The van der Waals surface area contributed by atoms with Gasteiger partial charge in [0.25, 0.3) is 0 Å². The van der Waals surface area contributed by atoms with Gasteiger partial charge in [-0.1, -0.05) is 50.2 Å². The van der Waals surface area contributed by atoms with E-state index in [0.717, 1.165) is 33.5 Å². The van der Waals surface area contributed by atoms with Crippen molar-refractivity contribution in [2.45, 2.75) is 33.4 Å². The summed E-state index contributed by atoms with van der Waals surface area (Å²) in [4.78, 5) is 13.9. The molecule has 1 unspecified atom stereocenters. The van der Waals surface area contributed by atoms with Crippen molar-refractivity contribution in [3.8, 4) is 0 Å². The molecule has 0 aliphatic heterocycles. The Bertz CT molecular complexity index is 998. The number of hydrogen-bond acceptors (Lipinski definition) is 4. The van der Waals surface area contributed by atoms with Gasteiger partial charge in [-0.05, 0) is 43.1 Å². The van der Waals surface area contributed by atoms with Crippen molar-refractivity contribution in [2.75, 3.05) is 6.54 Å². The van der Waals surface area contributed by atoms with Crippen LogP contribution < -0.4 is 0 Å². The Balaban J connectivity index is 1.55. The molecule has 0 amide bonds. The molecule has 0 saturated carbocycles. The third-order valence-corrected chi connectivity index (χ3v) is 5.59. The van der Waals surface area contributed by atoms with Crippen LogP contribution in [0.1, 0.15) is 31.8 Å². The molecule has 0 bridgehead atoms. The standard InChI is InChI=1S/C25H27NO4/c1-17(2)22(25(27)28)11-12-26(15-20-13-18-7-3-5-9-23(18)29-20)16-21-14-19-8-4-6-10-24(19)30-21/h3-10,13-14,17,22H,11-12,15-16H2,1-2H3,(H,27,28). The van der Waals surface area contributed by atoms with Crippen molar-refractivity contribution in [2.24, 2.45) is 11.8 Å². The molecule has 30 heavy (non-hydrogen) atoms. The second-order valence-corrected chi connectivity index (χ2v) is 8.19. The second-order valence-electron chi connectivity index (χ2n) is 8.19. The number of aliphatic carboxylic acids is 1. The minimum atomic E-state index is -0.738. The molecule has 156 valence electrons. The van der Waals surface area contributed by atoms with Crippen LogP contribution >= 0.6 is 0 Å². The first-order valence-corrected chi connectivity index (χ1v) is 10.4. The first-order valence-electron chi connectivity index (χ1n) is 10.4. The highest BCUT2D eigenvalue weighted by Gasteiger charge is 2.23. The van der Waals surface area contributed by atoms with Crippen molar-refractivity contribution >= 4 is 27.9 Å². The lowest BCUT2D eigenvalue weighted by molar-refractivity contribution is -0.143. The summed E-state index contributed by atoms with van der Waals surface area (Å²) < 4.78 is 12.0. The van der Waals surface area contributed by atoms with Crippen molar-refractivity contribution < 1.29 is 18.7 Å². The van der Waals surface area contributed by atoms with Gasteiger partial charge in [0, 0.05) is 10.8 Å². The number of carboxylic acid groups (broad SMARTS) is 1. The van der Waals surface area contributed by atoms with Crippen LogP contribution in [-0.2, 0) is 17.9 Å². The summed E-state index contributed by atoms with van der Waals surface area (Å²) in [6.07, 6.45) is 0.577. The summed E-state index contributed by atoms with van der Waals surface area (Å²) in [5.74, 6) is 0.700. The highest BCUT2D eigenvalue weighted by Crippen LogP contribution is 2.24. The minimum Gasteiger partial charge on any atom is -0.481 e. The molecular weight excluding hydrogens is 378 g/mol. The van der Waals surface area contributed by atoms with Crippen LogP contribution in [0.3, 0.4) is 0 Å². The minimum absolute atomic E-state index is 0.0850. The number of carbonyl (C=O) groups is 1. The fourth-order valence-electron chi connectivity index (χ4n) is 3.95. The zero-order valence-electron chi connectivity index (χ0n) is 17.4. The predicted octanol–water partition coefficient (Wildman–Crippen LogP) is 5.93. The maximum absolute atomic E-state index is 11.6. The van der Waals surface area contributed by atoms with Crippen molar-refractivity contribution in [1.82, 2.24) is 4.90 Å². The van der Waals surface area contributed by atoms with Gasteiger partial charge in [-0.15, -0.1) is 0 Å². The molecule has 2 aromatic carbocycles. The quantitative estimate of drug-likeness (QED) is 0.374. The second kappa shape index (κ2) is 8.76. The zero-order valence-corrected chi connectivity index (χ0v) is 17.4. The summed E-state index contributed by atoms with van der Waals surface area (Å²) in [7, 11) is 0. The van der Waals surface area contributed by atoms with E-state index in [-0.39, 0.29) is 11.8 Å². The highest BCUT2D eigenvalue weighted by molar-refractivity contribution is 5.78. The topological polar surface area (TPSA) is 66.8 Å². The molecule has 5 heteroatoms. The average molecular weight is 405 g/mol. The van der Waals surface area contributed by atoms with E-state index in [4.69, 9.17) is 8.83 Å². The molecule has 0 aliphatic rings. The van der Waals surface area contributed by atoms with Gasteiger partial charge >= 0.3 is 5.97 Å². The van der Waals surface area contributed by atoms with E-state index < -0.39 is 5.97 Å². The largest absolute Gasteiger partial charge is 0.481 e. The smallest absolute Gasteiger partial charge is 0.306 e.